The van der Waals surface area contributed by atoms with Gasteiger partial charge in [-0.3, -0.25) is 0 Å². The van der Waals surface area contributed by atoms with Crippen molar-refractivity contribution < 1.29 is 17.9 Å². The smallest absolute Gasteiger partial charge is 0.229 e. The minimum absolute atomic E-state index is 0.00228. The number of hydrogen-bond donors (Lipinski definition) is 7. The summed E-state index contributed by atoms with van der Waals surface area (Å²) < 4.78 is 45.1. The number of methoxy groups -OCH3 is 1. The molecule has 10 rings (SSSR count). The predicted molar refractivity (Wildman–Crippen MR) is 257 cm³/mol. The number of nitrogens with zero attached hydrogens (tertiary/aromatic N) is 6. The predicted octanol–water partition coefficient (Wildman–Crippen LogP) is 12.7. The SMILES string of the molecule is COc1cccc(Nc2ncc(F)c(Nc3ccc4[nH]c(C)cc4c3)n2)c1.Cc1cc2cc(N)ccc2[nH]1.Cc1cc2cc(Nc3nc(Cl)ncc3F)ccc2[nH]1.Fc1cnc(Cl)nc1Cl. The minimum Gasteiger partial charge on any atom is -0.497 e. The summed E-state index contributed by atoms with van der Waals surface area (Å²) in [6.45, 7) is 6.01. The Morgan fingerprint density at radius 1 is 0.530 bits per heavy atom. The molecule has 0 amide bonds. The lowest BCUT2D eigenvalue weighted by molar-refractivity contribution is 0.415. The van der Waals surface area contributed by atoms with Crippen molar-refractivity contribution in [3.05, 3.63) is 166 Å². The molecule has 10 aromatic rings. The van der Waals surface area contributed by atoms with Crippen molar-refractivity contribution in [2.45, 2.75) is 20.8 Å². The number of aromatic nitrogens is 9. The molecule has 0 spiro atoms. The molecule has 20 heteroatoms. The van der Waals surface area contributed by atoms with Crippen LogP contribution in [0, 0.1) is 38.2 Å². The minimum atomic E-state index is -0.666. The topological polar surface area (TPSA) is 196 Å². The molecule has 14 nitrogen and oxygen atoms in total. The summed E-state index contributed by atoms with van der Waals surface area (Å²) in [5.41, 5.74) is 15.2. The lowest BCUT2D eigenvalue weighted by Crippen LogP contribution is -2.03. The zero-order chi connectivity index (χ0) is 46.9. The fourth-order valence-corrected chi connectivity index (χ4v) is 6.82. The Bertz CT molecular complexity index is 3290. The number of halogens is 6. The molecule has 336 valence electrons. The number of nitrogens with one attached hydrogen (secondary N) is 6. The van der Waals surface area contributed by atoms with E-state index in [1.54, 1.807) is 7.11 Å². The van der Waals surface area contributed by atoms with Crippen LogP contribution >= 0.6 is 34.8 Å². The van der Waals surface area contributed by atoms with Gasteiger partial charge in [0.25, 0.3) is 0 Å². The summed E-state index contributed by atoms with van der Waals surface area (Å²) in [6.07, 6.45) is 3.09. The Hall–Kier alpha value is -7.60. The number of benzene rings is 4. The molecule has 0 saturated heterocycles. The third-order valence-corrected chi connectivity index (χ3v) is 9.90. The van der Waals surface area contributed by atoms with Gasteiger partial charge in [0.05, 0.1) is 25.7 Å². The second-order valence-corrected chi connectivity index (χ2v) is 15.5. The zero-order valence-corrected chi connectivity index (χ0v) is 37.7. The molecule has 6 aromatic heterocycles. The normalized spacial score (nSPS) is 10.6. The first kappa shape index (κ1) is 46.4. The van der Waals surface area contributed by atoms with Gasteiger partial charge in [0.2, 0.25) is 16.5 Å². The van der Waals surface area contributed by atoms with E-state index in [-0.39, 0.29) is 33.3 Å². The van der Waals surface area contributed by atoms with Gasteiger partial charge in [-0.05, 0) is 129 Å². The number of nitrogen functional groups attached to an aromatic ring is 1. The number of anilines is 7. The van der Waals surface area contributed by atoms with Gasteiger partial charge in [0, 0.05) is 78.6 Å². The largest absolute Gasteiger partial charge is 0.497 e. The highest BCUT2D eigenvalue weighted by Crippen LogP contribution is 2.27. The lowest BCUT2D eigenvalue weighted by Gasteiger charge is -2.10. The number of aryl methyl sites for hydroxylation is 3. The summed E-state index contributed by atoms with van der Waals surface area (Å²) in [7, 11) is 1.60. The lowest BCUT2D eigenvalue weighted by atomic mass is 10.2. The average Bonchev–Trinajstić information content (AvgIpc) is 3.98. The average molecular weight is 953 g/mol. The summed E-state index contributed by atoms with van der Waals surface area (Å²) in [5, 5.41) is 11.9. The van der Waals surface area contributed by atoms with E-state index >= 15 is 0 Å². The number of fused-ring (bicyclic) bond motifs is 3. The van der Waals surface area contributed by atoms with Gasteiger partial charge in [0.1, 0.15) is 5.75 Å². The second kappa shape index (κ2) is 20.9. The Balaban J connectivity index is 0.000000143. The van der Waals surface area contributed by atoms with Crippen LogP contribution in [-0.4, -0.2) is 52.0 Å². The van der Waals surface area contributed by atoms with E-state index in [4.69, 9.17) is 45.3 Å². The molecular formula is C46H39Cl3F3N13O. The molecule has 0 atom stereocenters. The van der Waals surface area contributed by atoms with Gasteiger partial charge in [-0.15, -0.1) is 0 Å². The number of rotatable bonds is 7. The van der Waals surface area contributed by atoms with Crippen LogP contribution in [0.25, 0.3) is 32.7 Å². The highest BCUT2D eigenvalue weighted by molar-refractivity contribution is 6.31. The van der Waals surface area contributed by atoms with E-state index in [1.807, 2.05) is 112 Å². The van der Waals surface area contributed by atoms with Crippen molar-refractivity contribution in [1.29, 1.82) is 0 Å². The quantitative estimate of drug-likeness (QED) is 0.0456. The molecule has 0 bridgehead atoms. The van der Waals surface area contributed by atoms with Gasteiger partial charge in [0.15, 0.2) is 34.2 Å². The first-order chi connectivity index (χ1) is 31.7. The van der Waals surface area contributed by atoms with Crippen LogP contribution in [0.4, 0.5) is 53.5 Å². The van der Waals surface area contributed by atoms with Crippen molar-refractivity contribution in [2.75, 3.05) is 28.8 Å². The van der Waals surface area contributed by atoms with Crippen molar-refractivity contribution in [1.82, 2.24) is 44.9 Å². The first-order valence-corrected chi connectivity index (χ1v) is 20.8. The van der Waals surface area contributed by atoms with Gasteiger partial charge in [-0.1, -0.05) is 17.7 Å². The van der Waals surface area contributed by atoms with Crippen LogP contribution < -0.4 is 26.4 Å². The summed E-state index contributed by atoms with van der Waals surface area (Å²) >= 11 is 16.1. The maximum absolute atomic E-state index is 14.2. The van der Waals surface area contributed by atoms with Crippen molar-refractivity contribution in [2.24, 2.45) is 0 Å². The number of hydrogen-bond acceptors (Lipinski definition) is 11. The van der Waals surface area contributed by atoms with Gasteiger partial charge in [-0.25, -0.2) is 33.1 Å². The van der Waals surface area contributed by atoms with E-state index in [0.717, 1.165) is 80.1 Å². The Labute approximate surface area is 390 Å². The number of nitrogens with two attached hydrogens (primary N) is 1. The first-order valence-electron chi connectivity index (χ1n) is 19.7. The van der Waals surface area contributed by atoms with Crippen LogP contribution in [0.1, 0.15) is 17.1 Å². The third kappa shape index (κ3) is 12.3. The van der Waals surface area contributed by atoms with Crippen LogP contribution in [0.15, 0.2) is 116 Å². The Kier molecular flexibility index (Phi) is 14.7. The molecule has 8 N–H and O–H groups in total. The van der Waals surface area contributed by atoms with Crippen LogP contribution in [0.5, 0.6) is 5.75 Å². The van der Waals surface area contributed by atoms with E-state index in [1.165, 1.54) is 11.1 Å². The highest BCUT2D eigenvalue weighted by atomic mass is 35.5. The van der Waals surface area contributed by atoms with Crippen LogP contribution in [0.3, 0.4) is 0 Å². The van der Waals surface area contributed by atoms with Crippen LogP contribution in [-0.2, 0) is 0 Å². The summed E-state index contributed by atoms with van der Waals surface area (Å²) in [6, 6.07) is 30.8. The molecule has 0 fully saturated rings. The molecule has 0 unspecified atom stereocenters. The monoisotopic (exact) mass is 951 g/mol. The Morgan fingerprint density at radius 3 is 1.56 bits per heavy atom. The third-order valence-electron chi connectivity index (χ3n) is 9.27. The number of aromatic amines is 3. The molecule has 66 heavy (non-hydrogen) atoms. The van der Waals surface area contributed by atoms with Crippen LogP contribution in [0.2, 0.25) is 15.7 Å². The molecule has 0 aliphatic rings. The molecule has 0 radical (unpaired) electrons. The van der Waals surface area contributed by atoms with Crippen molar-refractivity contribution in [3.63, 3.8) is 0 Å². The van der Waals surface area contributed by atoms with Gasteiger partial charge < -0.3 is 41.4 Å². The van der Waals surface area contributed by atoms with E-state index < -0.39 is 17.5 Å². The molecule has 0 aliphatic carbocycles. The summed E-state index contributed by atoms with van der Waals surface area (Å²) in [4.78, 5) is 32.0. The van der Waals surface area contributed by atoms with Crippen molar-refractivity contribution in [3.8, 4) is 5.75 Å². The molecular weight excluding hydrogens is 914 g/mol. The van der Waals surface area contributed by atoms with Crippen molar-refractivity contribution >= 4 is 108 Å². The maximum atomic E-state index is 14.2. The van der Waals surface area contributed by atoms with Gasteiger partial charge >= 0.3 is 0 Å². The van der Waals surface area contributed by atoms with E-state index in [9.17, 15) is 13.2 Å². The number of H-pyrrole nitrogens is 3. The zero-order valence-electron chi connectivity index (χ0n) is 35.4. The molecule has 6 heterocycles. The fraction of sp³-hybridized carbons (Fsp3) is 0.0870. The fourth-order valence-electron chi connectivity index (χ4n) is 6.39. The van der Waals surface area contributed by atoms with Gasteiger partial charge in [-0.2, -0.15) is 9.97 Å². The molecule has 4 aromatic carbocycles. The van der Waals surface area contributed by atoms with E-state index in [0.29, 0.717) is 5.75 Å². The highest BCUT2D eigenvalue weighted by Gasteiger charge is 2.10. The summed E-state index contributed by atoms with van der Waals surface area (Å²) in [5.74, 6) is -0.595. The standard InChI is InChI=1S/C20H18FN5O.C13H10ClFN4.C9H10N2.C4HCl2FN2/c1-12-8-13-9-15(6-7-18(13)23-12)24-19-17(21)11-22-20(26-19)25-14-4-3-5-16(10-14)27-2;1-7-4-8-5-9(2-3-11(8)17-7)18-12-10(15)6-16-13(14)19-12;1-6-4-7-5-8(10)2-3-9(7)11-6;5-3-2(7)1-8-4(6)9-3/h3-11,23H,1-2H3,(H2,22,24,25,26);2-6,17H,1H3,(H,16,18,19);2-5,11H,10H2,1H3;1H. The maximum Gasteiger partial charge on any atom is 0.229 e. The van der Waals surface area contributed by atoms with E-state index in [2.05, 4.69) is 66.9 Å². The Morgan fingerprint density at radius 2 is 1.02 bits per heavy atom. The molecule has 0 saturated carbocycles. The number of ether oxygens (including phenoxy) is 1. The molecule has 0 aliphatic heterocycles. The second-order valence-electron chi connectivity index (χ2n) is 14.4.